The molecule has 1 heterocycles. The van der Waals surface area contributed by atoms with Gasteiger partial charge in [-0.1, -0.05) is 20.8 Å². The zero-order chi connectivity index (χ0) is 14.9. The lowest BCUT2D eigenvalue weighted by molar-refractivity contribution is 0.0762. The molecule has 1 saturated carbocycles. The van der Waals surface area contributed by atoms with Crippen molar-refractivity contribution in [3.05, 3.63) is 0 Å². The minimum Gasteiger partial charge on any atom is -0.326 e. The van der Waals surface area contributed by atoms with Crippen molar-refractivity contribution in [3.8, 4) is 0 Å². The first-order valence-electron chi connectivity index (χ1n) is 8.41. The fourth-order valence-corrected chi connectivity index (χ4v) is 4.18. The molecule has 1 saturated heterocycles. The third kappa shape index (κ3) is 3.96. The molecule has 2 aliphatic rings. The Hall–Kier alpha value is -0.120. The van der Waals surface area contributed by atoms with Crippen LogP contribution in [0.25, 0.3) is 0 Å². The highest BCUT2D eigenvalue weighted by Crippen LogP contribution is 2.39. The van der Waals surface area contributed by atoms with E-state index in [0.29, 0.717) is 17.5 Å². The van der Waals surface area contributed by atoms with Crippen molar-refractivity contribution in [2.45, 2.75) is 58.5 Å². The van der Waals surface area contributed by atoms with Crippen molar-refractivity contribution < 1.29 is 0 Å². The molecule has 1 aliphatic carbocycles. The average Bonchev–Trinajstić information content (AvgIpc) is 2.73. The molecule has 3 nitrogen and oxygen atoms in total. The molecule has 3 heteroatoms. The molecule has 0 spiro atoms. The van der Waals surface area contributed by atoms with Gasteiger partial charge in [-0.05, 0) is 63.6 Å². The first-order valence-corrected chi connectivity index (χ1v) is 8.41. The van der Waals surface area contributed by atoms with Gasteiger partial charge in [0.15, 0.2) is 0 Å². The van der Waals surface area contributed by atoms with Gasteiger partial charge in [0.2, 0.25) is 0 Å². The minimum absolute atomic E-state index is 0.373. The molecule has 0 aromatic rings. The maximum absolute atomic E-state index is 6.43. The topological polar surface area (TPSA) is 32.5 Å². The van der Waals surface area contributed by atoms with Crippen LogP contribution in [0.15, 0.2) is 0 Å². The van der Waals surface area contributed by atoms with Crippen molar-refractivity contribution in [2.24, 2.45) is 23.0 Å². The molecule has 4 atom stereocenters. The molecule has 2 N–H and O–H groups in total. The van der Waals surface area contributed by atoms with Gasteiger partial charge in [0.05, 0.1) is 0 Å². The second-order valence-electron chi connectivity index (χ2n) is 8.46. The number of nitrogens with zero attached hydrogens (tertiary/aromatic N) is 2. The average molecular weight is 281 g/mol. The summed E-state index contributed by atoms with van der Waals surface area (Å²) in [6, 6.07) is 0.955. The largest absolute Gasteiger partial charge is 0.326 e. The van der Waals surface area contributed by atoms with Gasteiger partial charge >= 0.3 is 0 Å². The fourth-order valence-electron chi connectivity index (χ4n) is 4.18. The lowest BCUT2D eigenvalue weighted by Crippen LogP contribution is -2.52. The summed E-state index contributed by atoms with van der Waals surface area (Å²) in [7, 11) is 4.54. The van der Waals surface area contributed by atoms with Crippen LogP contribution in [-0.2, 0) is 0 Å². The summed E-state index contributed by atoms with van der Waals surface area (Å²) in [5.74, 6) is 1.66. The highest BCUT2D eigenvalue weighted by Gasteiger charge is 2.36. The SMILES string of the molecule is CN1CCC(CN(C)C2CC(C(C)(C)C)CCC2N)C1. The van der Waals surface area contributed by atoms with Crippen LogP contribution in [-0.4, -0.2) is 55.6 Å². The van der Waals surface area contributed by atoms with E-state index in [4.69, 9.17) is 5.73 Å². The maximum atomic E-state index is 6.43. The normalized spacial score (nSPS) is 36.8. The van der Waals surface area contributed by atoms with Gasteiger partial charge in [0.25, 0.3) is 0 Å². The molecule has 1 aliphatic heterocycles. The molecular weight excluding hydrogens is 246 g/mol. The van der Waals surface area contributed by atoms with Crippen LogP contribution in [0, 0.1) is 17.3 Å². The fraction of sp³-hybridized carbons (Fsp3) is 1.00. The Balaban J connectivity index is 1.91. The van der Waals surface area contributed by atoms with Gasteiger partial charge in [-0.25, -0.2) is 0 Å². The smallest absolute Gasteiger partial charge is 0.0247 e. The first-order chi connectivity index (χ1) is 9.27. The van der Waals surface area contributed by atoms with Gasteiger partial charge in [-0.3, -0.25) is 0 Å². The Labute approximate surface area is 125 Å². The maximum Gasteiger partial charge on any atom is 0.0247 e. The van der Waals surface area contributed by atoms with E-state index in [2.05, 4.69) is 44.7 Å². The van der Waals surface area contributed by atoms with Crippen LogP contribution >= 0.6 is 0 Å². The summed E-state index contributed by atoms with van der Waals surface area (Å²) in [4.78, 5) is 5.03. The molecule has 0 aromatic heterocycles. The highest BCUT2D eigenvalue weighted by atomic mass is 15.2. The van der Waals surface area contributed by atoms with Crippen LogP contribution in [0.4, 0.5) is 0 Å². The zero-order valence-corrected chi connectivity index (χ0v) is 14.2. The van der Waals surface area contributed by atoms with Gasteiger partial charge < -0.3 is 15.5 Å². The van der Waals surface area contributed by atoms with E-state index in [1.807, 2.05) is 0 Å². The van der Waals surface area contributed by atoms with Crippen LogP contribution in [0.2, 0.25) is 0 Å². The van der Waals surface area contributed by atoms with E-state index in [9.17, 15) is 0 Å². The van der Waals surface area contributed by atoms with Gasteiger partial charge in [0.1, 0.15) is 0 Å². The van der Waals surface area contributed by atoms with E-state index in [-0.39, 0.29) is 0 Å². The molecule has 20 heavy (non-hydrogen) atoms. The van der Waals surface area contributed by atoms with Gasteiger partial charge in [0, 0.05) is 25.2 Å². The molecule has 0 bridgehead atoms. The lowest BCUT2D eigenvalue weighted by atomic mass is 9.69. The summed E-state index contributed by atoms with van der Waals surface area (Å²) >= 11 is 0. The van der Waals surface area contributed by atoms with Gasteiger partial charge in [-0.15, -0.1) is 0 Å². The van der Waals surface area contributed by atoms with E-state index in [0.717, 1.165) is 11.8 Å². The monoisotopic (exact) mass is 281 g/mol. The lowest BCUT2D eigenvalue weighted by Gasteiger charge is -2.44. The third-order valence-corrected chi connectivity index (χ3v) is 5.69. The number of nitrogens with two attached hydrogens (primary N) is 1. The second kappa shape index (κ2) is 6.33. The third-order valence-electron chi connectivity index (χ3n) is 5.69. The Morgan fingerprint density at radius 1 is 1.20 bits per heavy atom. The van der Waals surface area contributed by atoms with Crippen molar-refractivity contribution in [2.75, 3.05) is 33.7 Å². The number of hydrogen-bond acceptors (Lipinski definition) is 3. The summed E-state index contributed by atoms with van der Waals surface area (Å²) in [5.41, 5.74) is 6.86. The van der Waals surface area contributed by atoms with Crippen LogP contribution in [0.1, 0.15) is 46.5 Å². The van der Waals surface area contributed by atoms with Crippen molar-refractivity contribution in [1.29, 1.82) is 0 Å². The van der Waals surface area contributed by atoms with Crippen molar-refractivity contribution in [3.63, 3.8) is 0 Å². The number of hydrogen-bond donors (Lipinski definition) is 1. The predicted octanol–water partition coefficient (Wildman–Crippen LogP) is 2.41. The van der Waals surface area contributed by atoms with Crippen LogP contribution in [0.5, 0.6) is 0 Å². The highest BCUT2D eigenvalue weighted by molar-refractivity contribution is 4.92. The van der Waals surface area contributed by atoms with E-state index >= 15 is 0 Å². The molecule has 0 aromatic carbocycles. The van der Waals surface area contributed by atoms with E-state index < -0.39 is 0 Å². The molecule has 2 rings (SSSR count). The molecule has 2 fully saturated rings. The standard InChI is InChI=1S/C17H35N3/c1-17(2,3)14-6-7-15(18)16(10-14)20(5)12-13-8-9-19(4)11-13/h13-16H,6-12,18H2,1-5H3. The quantitative estimate of drug-likeness (QED) is 0.862. The Morgan fingerprint density at radius 3 is 2.45 bits per heavy atom. The zero-order valence-electron chi connectivity index (χ0n) is 14.2. The van der Waals surface area contributed by atoms with Crippen molar-refractivity contribution >= 4 is 0 Å². The van der Waals surface area contributed by atoms with Crippen molar-refractivity contribution in [1.82, 2.24) is 9.80 Å². The Bertz CT molecular complexity index is 310. The molecule has 4 unspecified atom stereocenters. The number of rotatable bonds is 3. The first kappa shape index (κ1) is 16.3. The summed E-state index contributed by atoms with van der Waals surface area (Å²) in [6.07, 6.45) is 5.14. The van der Waals surface area contributed by atoms with Gasteiger partial charge in [-0.2, -0.15) is 0 Å². The Kier molecular flexibility index (Phi) is 5.14. The molecule has 118 valence electrons. The number of likely N-dealkylation sites (tertiary alicyclic amines) is 1. The molecule has 0 amide bonds. The summed E-state index contributed by atoms with van der Waals surface area (Å²) < 4.78 is 0. The molecule has 0 radical (unpaired) electrons. The number of likely N-dealkylation sites (N-methyl/N-ethyl adjacent to an activating group) is 1. The second-order valence-corrected chi connectivity index (χ2v) is 8.46. The summed E-state index contributed by atoms with van der Waals surface area (Å²) in [6.45, 7) is 10.9. The predicted molar refractivity (Wildman–Crippen MR) is 86.8 cm³/mol. The minimum atomic E-state index is 0.373. The molecular formula is C17H35N3. The Morgan fingerprint density at radius 2 is 1.90 bits per heavy atom. The van der Waals surface area contributed by atoms with Crippen LogP contribution < -0.4 is 5.73 Å². The summed E-state index contributed by atoms with van der Waals surface area (Å²) in [5, 5.41) is 0. The van der Waals surface area contributed by atoms with E-state index in [1.54, 1.807) is 0 Å². The van der Waals surface area contributed by atoms with E-state index in [1.165, 1.54) is 45.3 Å². The van der Waals surface area contributed by atoms with Crippen LogP contribution in [0.3, 0.4) is 0 Å².